The Labute approximate surface area is 336 Å². The van der Waals surface area contributed by atoms with Crippen molar-refractivity contribution >= 4 is 17.9 Å². The molecule has 0 amide bonds. The van der Waals surface area contributed by atoms with Gasteiger partial charge in [-0.1, -0.05) is 227 Å². The van der Waals surface area contributed by atoms with E-state index >= 15 is 0 Å². The molecule has 0 heterocycles. The number of hydrogen-bond donors (Lipinski definition) is 0. The first kappa shape index (κ1) is 52.4. The summed E-state index contributed by atoms with van der Waals surface area (Å²) in [7, 11) is 0. The van der Waals surface area contributed by atoms with Crippen molar-refractivity contribution in [3.8, 4) is 0 Å². The van der Waals surface area contributed by atoms with E-state index in [2.05, 4.69) is 27.7 Å². The van der Waals surface area contributed by atoms with Crippen LogP contribution in [0.2, 0.25) is 0 Å². The zero-order valence-corrected chi connectivity index (χ0v) is 36.7. The van der Waals surface area contributed by atoms with E-state index in [0.29, 0.717) is 19.3 Å². The number of carbonyl (C=O) groups is 3. The fourth-order valence-electron chi connectivity index (χ4n) is 7.12. The summed E-state index contributed by atoms with van der Waals surface area (Å²) in [5.41, 5.74) is 0. The van der Waals surface area contributed by atoms with Crippen molar-refractivity contribution in [1.82, 2.24) is 0 Å². The van der Waals surface area contributed by atoms with Crippen molar-refractivity contribution in [1.29, 1.82) is 0 Å². The largest absolute Gasteiger partial charge is 0.462 e. The van der Waals surface area contributed by atoms with Crippen LogP contribution >= 0.6 is 0 Å². The Morgan fingerprint density at radius 1 is 0.370 bits per heavy atom. The van der Waals surface area contributed by atoms with Gasteiger partial charge in [-0.15, -0.1) is 0 Å². The minimum atomic E-state index is -0.760. The van der Waals surface area contributed by atoms with E-state index in [1.807, 2.05) is 0 Å². The molecule has 1 unspecified atom stereocenters. The third-order valence-electron chi connectivity index (χ3n) is 11.2. The molecule has 0 aliphatic heterocycles. The molecule has 0 aliphatic carbocycles. The highest BCUT2D eigenvalue weighted by molar-refractivity contribution is 5.71. The SMILES string of the molecule is CCCCCCCCCCCCCCCCCC(=O)O[C@@H](COC(=O)CCCCCCCCCCCCC)COC(=O)CCCCCCCCC(C)CC. The summed E-state index contributed by atoms with van der Waals surface area (Å²) in [4.78, 5) is 37.7. The van der Waals surface area contributed by atoms with Crippen molar-refractivity contribution in [3.05, 3.63) is 0 Å². The van der Waals surface area contributed by atoms with E-state index < -0.39 is 6.10 Å². The molecule has 6 nitrogen and oxygen atoms in total. The number of ether oxygens (including phenoxy) is 3. The molecule has 0 aromatic carbocycles. The molecule has 0 rings (SSSR count). The van der Waals surface area contributed by atoms with Gasteiger partial charge in [-0.2, -0.15) is 0 Å². The molecule has 2 atom stereocenters. The average Bonchev–Trinajstić information content (AvgIpc) is 3.17. The van der Waals surface area contributed by atoms with Crippen molar-refractivity contribution in [2.24, 2.45) is 5.92 Å². The molecule has 0 aromatic heterocycles. The van der Waals surface area contributed by atoms with Gasteiger partial charge in [0.05, 0.1) is 0 Å². The van der Waals surface area contributed by atoms with E-state index in [0.717, 1.165) is 63.7 Å². The van der Waals surface area contributed by atoms with Gasteiger partial charge < -0.3 is 14.2 Å². The zero-order chi connectivity index (χ0) is 39.6. The van der Waals surface area contributed by atoms with Gasteiger partial charge in [0.1, 0.15) is 13.2 Å². The Balaban J connectivity index is 4.32. The van der Waals surface area contributed by atoms with E-state index in [-0.39, 0.29) is 31.1 Å². The van der Waals surface area contributed by atoms with Crippen LogP contribution in [0.3, 0.4) is 0 Å². The summed E-state index contributed by atoms with van der Waals surface area (Å²) in [6.45, 7) is 8.97. The summed E-state index contributed by atoms with van der Waals surface area (Å²) in [6, 6.07) is 0. The molecule has 0 fully saturated rings. The van der Waals surface area contributed by atoms with E-state index in [4.69, 9.17) is 14.2 Å². The van der Waals surface area contributed by atoms with Gasteiger partial charge in [0.2, 0.25) is 0 Å². The highest BCUT2D eigenvalue weighted by Gasteiger charge is 2.19. The fraction of sp³-hybridized carbons (Fsp3) is 0.938. The van der Waals surface area contributed by atoms with Gasteiger partial charge in [-0.25, -0.2) is 0 Å². The van der Waals surface area contributed by atoms with E-state index in [1.54, 1.807) is 0 Å². The standard InChI is InChI=1S/C48H92O6/c1-5-8-10-12-14-16-18-19-20-21-23-25-27-33-37-41-48(51)54-45(43-53-47(50)40-36-32-29-28-30-34-38-44(4)7-3)42-52-46(49)39-35-31-26-24-22-17-15-13-11-9-6-2/h44-45H,5-43H2,1-4H3/t44?,45-/m0/s1. The third-order valence-corrected chi connectivity index (χ3v) is 11.2. The molecule has 0 saturated heterocycles. The summed E-state index contributed by atoms with van der Waals surface area (Å²) in [5.74, 6) is -0.0393. The molecule has 0 radical (unpaired) electrons. The van der Waals surface area contributed by atoms with Crippen LogP contribution in [0, 0.1) is 5.92 Å². The first-order valence-electron chi connectivity index (χ1n) is 23.9. The van der Waals surface area contributed by atoms with Crippen molar-refractivity contribution in [2.45, 2.75) is 271 Å². The maximum absolute atomic E-state index is 12.7. The maximum atomic E-state index is 12.7. The number of unbranched alkanes of at least 4 members (excludes halogenated alkanes) is 29. The lowest BCUT2D eigenvalue weighted by atomic mass is 10.00. The minimum absolute atomic E-state index is 0.0641. The van der Waals surface area contributed by atoms with Crippen molar-refractivity contribution in [2.75, 3.05) is 13.2 Å². The average molecular weight is 765 g/mol. The van der Waals surface area contributed by atoms with Gasteiger partial charge in [0.25, 0.3) is 0 Å². The Morgan fingerprint density at radius 3 is 0.963 bits per heavy atom. The molecule has 54 heavy (non-hydrogen) atoms. The van der Waals surface area contributed by atoms with Crippen LogP contribution in [0.15, 0.2) is 0 Å². The Bertz CT molecular complexity index is 813. The molecule has 0 spiro atoms. The molecule has 0 saturated carbocycles. The lowest BCUT2D eigenvalue weighted by Crippen LogP contribution is -2.30. The number of carbonyl (C=O) groups excluding carboxylic acids is 3. The van der Waals surface area contributed by atoms with E-state index in [1.165, 1.54) is 161 Å². The highest BCUT2D eigenvalue weighted by Crippen LogP contribution is 2.17. The quantitative estimate of drug-likeness (QED) is 0.0349. The molecular weight excluding hydrogens is 673 g/mol. The molecule has 0 aliphatic rings. The first-order chi connectivity index (χ1) is 26.4. The van der Waals surface area contributed by atoms with Crippen LogP contribution in [-0.2, 0) is 28.6 Å². The molecule has 0 N–H and O–H groups in total. The van der Waals surface area contributed by atoms with Crippen LogP contribution in [-0.4, -0.2) is 37.2 Å². The molecular formula is C48H92O6. The monoisotopic (exact) mass is 765 g/mol. The Hall–Kier alpha value is -1.59. The number of rotatable bonds is 43. The lowest BCUT2D eigenvalue weighted by Gasteiger charge is -2.18. The summed E-state index contributed by atoms with van der Waals surface area (Å²) < 4.78 is 16.7. The van der Waals surface area contributed by atoms with Gasteiger partial charge in [0.15, 0.2) is 6.10 Å². The van der Waals surface area contributed by atoms with Gasteiger partial charge >= 0.3 is 17.9 Å². The second-order valence-electron chi connectivity index (χ2n) is 16.6. The van der Waals surface area contributed by atoms with Crippen LogP contribution in [0.5, 0.6) is 0 Å². The maximum Gasteiger partial charge on any atom is 0.306 e. The van der Waals surface area contributed by atoms with Crippen molar-refractivity contribution < 1.29 is 28.6 Å². The van der Waals surface area contributed by atoms with Crippen LogP contribution in [0.1, 0.15) is 265 Å². The van der Waals surface area contributed by atoms with Gasteiger partial charge in [-0.05, 0) is 25.2 Å². The smallest absolute Gasteiger partial charge is 0.306 e. The molecule has 0 aromatic rings. The van der Waals surface area contributed by atoms with Gasteiger partial charge in [0, 0.05) is 19.3 Å². The van der Waals surface area contributed by atoms with Crippen LogP contribution < -0.4 is 0 Å². The van der Waals surface area contributed by atoms with Crippen LogP contribution in [0.4, 0.5) is 0 Å². The predicted molar refractivity (Wildman–Crippen MR) is 229 cm³/mol. The summed E-state index contributed by atoms with van der Waals surface area (Å²) in [6.07, 6.45) is 42.3. The Morgan fingerprint density at radius 2 is 0.648 bits per heavy atom. The normalized spacial score (nSPS) is 12.4. The second kappa shape index (κ2) is 42.6. The predicted octanol–water partition coefficient (Wildman–Crippen LogP) is 15.1. The summed E-state index contributed by atoms with van der Waals surface area (Å²) >= 11 is 0. The van der Waals surface area contributed by atoms with Crippen LogP contribution in [0.25, 0.3) is 0 Å². The second-order valence-corrected chi connectivity index (χ2v) is 16.6. The van der Waals surface area contributed by atoms with Gasteiger partial charge in [-0.3, -0.25) is 14.4 Å². The van der Waals surface area contributed by atoms with Crippen molar-refractivity contribution in [3.63, 3.8) is 0 Å². The number of esters is 3. The number of hydrogen-bond acceptors (Lipinski definition) is 6. The molecule has 6 heteroatoms. The topological polar surface area (TPSA) is 78.9 Å². The fourth-order valence-corrected chi connectivity index (χ4v) is 7.12. The Kier molecular flexibility index (Phi) is 41.3. The minimum Gasteiger partial charge on any atom is -0.462 e. The lowest BCUT2D eigenvalue weighted by molar-refractivity contribution is -0.167. The first-order valence-corrected chi connectivity index (χ1v) is 23.9. The molecule has 0 bridgehead atoms. The third kappa shape index (κ3) is 40.1. The van der Waals surface area contributed by atoms with E-state index in [9.17, 15) is 14.4 Å². The zero-order valence-electron chi connectivity index (χ0n) is 36.7. The summed E-state index contributed by atoms with van der Waals surface area (Å²) in [5, 5.41) is 0. The molecule has 320 valence electrons. The highest BCUT2D eigenvalue weighted by atomic mass is 16.6.